The summed E-state index contributed by atoms with van der Waals surface area (Å²) in [6.45, 7) is 2.58. The number of rotatable bonds is 5. The number of hydrogen-bond acceptors (Lipinski definition) is 5. The Morgan fingerprint density at radius 1 is 1.53 bits per heavy atom. The Balaban J connectivity index is 2.28. The lowest BCUT2D eigenvalue weighted by Crippen LogP contribution is -2.29. The molecule has 0 aliphatic heterocycles. The van der Waals surface area contributed by atoms with Gasteiger partial charge in [0.05, 0.1) is 6.61 Å². The molecule has 1 unspecified atom stereocenters. The fourth-order valence-electron chi connectivity index (χ4n) is 1.64. The molecular formula is C11H15N5O. The number of aromatic nitrogens is 3. The number of H-pyrrole nitrogens is 1. The highest BCUT2D eigenvalue weighted by Gasteiger charge is 2.15. The van der Waals surface area contributed by atoms with Crippen LogP contribution in [0.4, 0.5) is 0 Å². The highest BCUT2D eigenvalue weighted by atomic mass is 16.5. The number of nitrogens with zero attached hydrogens (tertiary/aromatic N) is 2. The highest BCUT2D eigenvalue weighted by molar-refractivity contribution is 5.33. The van der Waals surface area contributed by atoms with E-state index in [2.05, 4.69) is 20.6 Å². The minimum Gasteiger partial charge on any atom is -0.494 e. The van der Waals surface area contributed by atoms with E-state index in [1.54, 1.807) is 0 Å². The van der Waals surface area contributed by atoms with Crippen molar-refractivity contribution in [2.45, 2.75) is 13.0 Å². The van der Waals surface area contributed by atoms with Gasteiger partial charge in [-0.05, 0) is 24.6 Å². The normalized spacial score (nSPS) is 12.4. The van der Waals surface area contributed by atoms with Crippen molar-refractivity contribution >= 4 is 0 Å². The van der Waals surface area contributed by atoms with Crippen molar-refractivity contribution in [3.63, 3.8) is 0 Å². The largest absolute Gasteiger partial charge is 0.494 e. The third kappa shape index (κ3) is 2.61. The lowest BCUT2D eigenvalue weighted by atomic mass is 10.1. The molecule has 1 aromatic heterocycles. The molecule has 0 saturated heterocycles. The van der Waals surface area contributed by atoms with Crippen LogP contribution in [0.2, 0.25) is 0 Å². The molecule has 6 nitrogen and oxygen atoms in total. The topological polar surface area (TPSA) is 88.8 Å². The molecule has 2 rings (SSSR count). The van der Waals surface area contributed by atoms with Crippen molar-refractivity contribution in [2.75, 3.05) is 6.61 Å². The van der Waals surface area contributed by atoms with Gasteiger partial charge in [-0.3, -0.25) is 10.9 Å². The van der Waals surface area contributed by atoms with Gasteiger partial charge in [-0.1, -0.05) is 12.1 Å². The van der Waals surface area contributed by atoms with E-state index in [9.17, 15) is 0 Å². The van der Waals surface area contributed by atoms with Gasteiger partial charge in [0.2, 0.25) is 0 Å². The minimum atomic E-state index is -0.224. The Bertz CT molecular complexity index is 457. The molecule has 0 bridgehead atoms. The van der Waals surface area contributed by atoms with Crippen LogP contribution in [0.15, 0.2) is 30.6 Å². The van der Waals surface area contributed by atoms with Crippen molar-refractivity contribution in [1.82, 2.24) is 20.6 Å². The average molecular weight is 233 g/mol. The van der Waals surface area contributed by atoms with Crippen molar-refractivity contribution in [2.24, 2.45) is 5.84 Å². The number of ether oxygens (including phenoxy) is 1. The van der Waals surface area contributed by atoms with Crippen molar-refractivity contribution < 1.29 is 4.74 Å². The van der Waals surface area contributed by atoms with Crippen LogP contribution in [0.1, 0.15) is 24.4 Å². The molecule has 0 amide bonds. The van der Waals surface area contributed by atoms with Crippen LogP contribution in [0, 0.1) is 0 Å². The quantitative estimate of drug-likeness (QED) is 0.524. The van der Waals surface area contributed by atoms with Gasteiger partial charge in [-0.2, -0.15) is 5.10 Å². The second-order valence-corrected chi connectivity index (χ2v) is 3.48. The summed E-state index contributed by atoms with van der Waals surface area (Å²) in [5, 5.41) is 6.61. The molecule has 0 aliphatic carbocycles. The number of aromatic amines is 1. The van der Waals surface area contributed by atoms with Gasteiger partial charge in [0.25, 0.3) is 0 Å². The van der Waals surface area contributed by atoms with Gasteiger partial charge in [-0.15, -0.1) is 0 Å². The number of hydrazine groups is 1. The smallest absolute Gasteiger partial charge is 0.147 e. The highest BCUT2D eigenvalue weighted by Crippen LogP contribution is 2.22. The molecule has 6 heteroatoms. The van der Waals surface area contributed by atoms with E-state index in [0.29, 0.717) is 12.4 Å². The average Bonchev–Trinajstić information content (AvgIpc) is 2.85. The Kier molecular flexibility index (Phi) is 3.69. The van der Waals surface area contributed by atoms with Gasteiger partial charge in [0.15, 0.2) is 0 Å². The van der Waals surface area contributed by atoms with Gasteiger partial charge < -0.3 is 4.74 Å². The second kappa shape index (κ2) is 5.42. The van der Waals surface area contributed by atoms with Gasteiger partial charge in [0, 0.05) is 0 Å². The van der Waals surface area contributed by atoms with Crippen LogP contribution in [-0.4, -0.2) is 21.8 Å². The van der Waals surface area contributed by atoms with Crippen LogP contribution >= 0.6 is 0 Å². The van der Waals surface area contributed by atoms with Crippen molar-refractivity contribution in [3.05, 3.63) is 42.0 Å². The zero-order chi connectivity index (χ0) is 12.1. The molecule has 0 spiro atoms. The SMILES string of the molecule is CCOc1cccc(C(NN)c2ncn[nH]2)c1. The first-order valence-electron chi connectivity index (χ1n) is 5.39. The molecule has 0 saturated carbocycles. The Morgan fingerprint density at radius 2 is 2.41 bits per heavy atom. The van der Waals surface area contributed by atoms with E-state index in [0.717, 1.165) is 11.3 Å². The Labute approximate surface area is 99.2 Å². The summed E-state index contributed by atoms with van der Waals surface area (Å²) in [5.74, 6) is 7.02. The zero-order valence-corrected chi connectivity index (χ0v) is 9.55. The van der Waals surface area contributed by atoms with Gasteiger partial charge in [-0.25, -0.2) is 10.4 Å². The molecule has 1 atom stereocenters. The maximum atomic E-state index is 5.54. The maximum Gasteiger partial charge on any atom is 0.147 e. The van der Waals surface area contributed by atoms with Gasteiger partial charge in [0.1, 0.15) is 23.9 Å². The summed E-state index contributed by atoms with van der Waals surface area (Å²) in [6, 6.07) is 7.48. The maximum absolute atomic E-state index is 5.54. The molecule has 0 aliphatic rings. The zero-order valence-electron chi connectivity index (χ0n) is 9.55. The number of nitrogens with one attached hydrogen (secondary N) is 2. The minimum absolute atomic E-state index is 0.224. The summed E-state index contributed by atoms with van der Waals surface area (Å²) in [7, 11) is 0. The molecule has 0 radical (unpaired) electrons. The third-order valence-electron chi connectivity index (χ3n) is 2.38. The molecule has 1 aromatic carbocycles. The van der Waals surface area contributed by atoms with E-state index in [1.165, 1.54) is 6.33 Å². The van der Waals surface area contributed by atoms with Gasteiger partial charge >= 0.3 is 0 Å². The van der Waals surface area contributed by atoms with Crippen LogP contribution < -0.4 is 16.0 Å². The van der Waals surface area contributed by atoms with Crippen LogP contribution in [0.5, 0.6) is 5.75 Å². The number of benzene rings is 1. The predicted octanol–water partition coefficient (Wildman–Crippen LogP) is 0.756. The van der Waals surface area contributed by atoms with Crippen LogP contribution in [-0.2, 0) is 0 Å². The Morgan fingerprint density at radius 3 is 3.06 bits per heavy atom. The second-order valence-electron chi connectivity index (χ2n) is 3.48. The van der Waals surface area contributed by atoms with E-state index >= 15 is 0 Å². The first-order chi connectivity index (χ1) is 8.35. The molecular weight excluding hydrogens is 218 g/mol. The monoisotopic (exact) mass is 233 g/mol. The molecule has 4 N–H and O–H groups in total. The summed E-state index contributed by atoms with van der Waals surface area (Å²) < 4.78 is 5.44. The summed E-state index contributed by atoms with van der Waals surface area (Å²) in [6.07, 6.45) is 1.45. The van der Waals surface area contributed by atoms with E-state index in [1.807, 2.05) is 31.2 Å². The molecule has 1 heterocycles. The van der Waals surface area contributed by atoms with Crippen LogP contribution in [0.25, 0.3) is 0 Å². The molecule has 90 valence electrons. The first-order valence-corrected chi connectivity index (χ1v) is 5.39. The number of nitrogens with two attached hydrogens (primary N) is 1. The van der Waals surface area contributed by atoms with Crippen molar-refractivity contribution in [1.29, 1.82) is 0 Å². The molecule has 17 heavy (non-hydrogen) atoms. The lowest BCUT2D eigenvalue weighted by molar-refractivity contribution is 0.339. The van der Waals surface area contributed by atoms with Crippen molar-refractivity contribution in [3.8, 4) is 5.75 Å². The molecule has 2 aromatic rings. The Hall–Kier alpha value is -1.92. The van der Waals surface area contributed by atoms with Crippen LogP contribution in [0.3, 0.4) is 0 Å². The summed E-state index contributed by atoms with van der Waals surface area (Å²) in [5.41, 5.74) is 3.67. The summed E-state index contributed by atoms with van der Waals surface area (Å²) >= 11 is 0. The third-order valence-corrected chi connectivity index (χ3v) is 2.38. The fraction of sp³-hybridized carbons (Fsp3) is 0.273. The molecule has 0 fully saturated rings. The summed E-state index contributed by atoms with van der Waals surface area (Å²) in [4.78, 5) is 4.09. The first kappa shape index (κ1) is 11.6. The van der Waals surface area contributed by atoms with E-state index in [-0.39, 0.29) is 6.04 Å². The van der Waals surface area contributed by atoms with E-state index < -0.39 is 0 Å². The fourth-order valence-corrected chi connectivity index (χ4v) is 1.64. The number of hydrogen-bond donors (Lipinski definition) is 3. The standard InChI is InChI=1S/C11H15N5O/c1-2-17-9-5-3-4-8(6-9)10(15-12)11-13-7-14-16-11/h3-7,10,15H,2,12H2,1H3,(H,13,14,16). The lowest BCUT2D eigenvalue weighted by Gasteiger charge is -2.14. The predicted molar refractivity (Wildman–Crippen MR) is 63.2 cm³/mol. The van der Waals surface area contributed by atoms with E-state index in [4.69, 9.17) is 10.6 Å².